The van der Waals surface area contributed by atoms with Crippen LogP contribution < -0.4 is 14.8 Å². The van der Waals surface area contributed by atoms with Crippen molar-refractivity contribution in [1.82, 2.24) is 10.2 Å². The molecule has 1 aromatic carbocycles. The highest BCUT2D eigenvalue weighted by atomic mass is 35.5. The number of nitrogens with one attached hydrogen (secondary N) is 1. The number of carbonyl (C=O) groups is 1. The fourth-order valence-electron chi connectivity index (χ4n) is 2.70. The van der Waals surface area contributed by atoms with Crippen molar-refractivity contribution in [2.24, 2.45) is 0 Å². The number of nitrogens with zero attached hydrogens (tertiary/aromatic N) is 1. The number of hydrogen-bond donors (Lipinski definition) is 1. The second kappa shape index (κ2) is 6.54. The molecule has 0 aromatic heterocycles. The summed E-state index contributed by atoms with van der Waals surface area (Å²) in [5.41, 5.74) is 0.600. The molecule has 6 heteroatoms. The maximum atomic E-state index is 12.8. The molecule has 21 heavy (non-hydrogen) atoms. The molecule has 1 N–H and O–H groups in total. The van der Waals surface area contributed by atoms with Crippen molar-refractivity contribution in [2.75, 3.05) is 26.3 Å². The third-order valence-corrected chi connectivity index (χ3v) is 3.82. The van der Waals surface area contributed by atoms with E-state index in [2.05, 4.69) is 19.2 Å². The molecular formula is C15H21ClN2O3. The van der Waals surface area contributed by atoms with E-state index in [0.717, 1.165) is 6.54 Å². The van der Waals surface area contributed by atoms with Crippen LogP contribution >= 0.6 is 12.4 Å². The van der Waals surface area contributed by atoms with E-state index in [-0.39, 0.29) is 24.4 Å². The average molecular weight is 313 g/mol. The van der Waals surface area contributed by atoms with Crippen molar-refractivity contribution < 1.29 is 14.3 Å². The Morgan fingerprint density at radius 2 is 2.05 bits per heavy atom. The number of hydrogen-bond acceptors (Lipinski definition) is 4. The van der Waals surface area contributed by atoms with E-state index in [1.165, 1.54) is 0 Å². The van der Waals surface area contributed by atoms with Crippen LogP contribution in [0.15, 0.2) is 18.2 Å². The van der Waals surface area contributed by atoms with Crippen LogP contribution in [0.1, 0.15) is 24.2 Å². The molecule has 5 nitrogen and oxygen atoms in total. The summed E-state index contributed by atoms with van der Waals surface area (Å²) in [6.07, 6.45) is 0. The van der Waals surface area contributed by atoms with Crippen molar-refractivity contribution >= 4 is 18.3 Å². The average Bonchev–Trinajstić information content (AvgIpc) is 2.48. The maximum Gasteiger partial charge on any atom is 0.258 e. The van der Waals surface area contributed by atoms with Gasteiger partial charge >= 0.3 is 0 Å². The minimum Gasteiger partial charge on any atom is -0.486 e. The fourth-order valence-corrected chi connectivity index (χ4v) is 2.70. The predicted molar refractivity (Wildman–Crippen MR) is 82.6 cm³/mol. The molecule has 2 atom stereocenters. The number of ether oxygens (including phenoxy) is 2. The van der Waals surface area contributed by atoms with Crippen molar-refractivity contribution in [3.63, 3.8) is 0 Å². The number of piperazine rings is 1. The minimum absolute atomic E-state index is 0. The van der Waals surface area contributed by atoms with Crippen molar-refractivity contribution in [1.29, 1.82) is 0 Å². The highest BCUT2D eigenvalue weighted by Gasteiger charge is 2.30. The molecule has 0 bridgehead atoms. The van der Waals surface area contributed by atoms with Crippen molar-refractivity contribution in [3.8, 4) is 11.5 Å². The van der Waals surface area contributed by atoms with Gasteiger partial charge in [-0.3, -0.25) is 4.79 Å². The van der Waals surface area contributed by atoms with Gasteiger partial charge in [0.2, 0.25) is 0 Å². The van der Waals surface area contributed by atoms with Crippen LogP contribution in [0, 0.1) is 0 Å². The van der Waals surface area contributed by atoms with Crippen molar-refractivity contribution in [2.45, 2.75) is 25.9 Å². The third-order valence-electron chi connectivity index (χ3n) is 3.82. The summed E-state index contributed by atoms with van der Waals surface area (Å²) in [5.74, 6) is 1.27. The van der Waals surface area contributed by atoms with Crippen LogP contribution in [-0.2, 0) is 0 Å². The molecule has 1 aromatic rings. The zero-order chi connectivity index (χ0) is 14.1. The van der Waals surface area contributed by atoms with E-state index in [9.17, 15) is 4.79 Å². The molecule has 0 radical (unpaired) electrons. The van der Waals surface area contributed by atoms with Gasteiger partial charge in [-0.2, -0.15) is 0 Å². The highest BCUT2D eigenvalue weighted by molar-refractivity contribution is 5.98. The standard InChI is InChI=1S/C15H20N2O3.ClH/c1-10-9-17(11(2)8-16-10)15(18)12-4-3-5-13-14(12)20-7-6-19-13;/h3-5,10-11,16H,6-9H2,1-2H3;1H. The fraction of sp³-hybridized carbons (Fsp3) is 0.533. The summed E-state index contributed by atoms with van der Waals surface area (Å²) in [7, 11) is 0. The first-order valence-corrected chi connectivity index (χ1v) is 7.10. The summed E-state index contributed by atoms with van der Waals surface area (Å²) in [4.78, 5) is 14.7. The van der Waals surface area contributed by atoms with Gasteiger partial charge in [-0.05, 0) is 26.0 Å². The number of benzene rings is 1. The summed E-state index contributed by atoms with van der Waals surface area (Å²) in [6, 6.07) is 5.99. The zero-order valence-electron chi connectivity index (χ0n) is 12.3. The molecule has 0 spiro atoms. The van der Waals surface area contributed by atoms with Crippen LogP contribution in [0.25, 0.3) is 0 Å². The van der Waals surface area contributed by atoms with Gasteiger partial charge in [0.1, 0.15) is 13.2 Å². The van der Waals surface area contributed by atoms with Gasteiger partial charge < -0.3 is 19.7 Å². The molecule has 1 saturated heterocycles. The molecule has 2 heterocycles. The molecule has 1 fully saturated rings. The molecule has 3 rings (SSSR count). The number of carbonyl (C=O) groups excluding carboxylic acids is 1. The first-order chi connectivity index (χ1) is 9.66. The Labute approximate surface area is 131 Å². The second-order valence-electron chi connectivity index (χ2n) is 5.45. The van der Waals surface area contributed by atoms with Crippen LogP contribution in [0.5, 0.6) is 11.5 Å². The van der Waals surface area contributed by atoms with Gasteiger partial charge in [0.15, 0.2) is 11.5 Å². The van der Waals surface area contributed by atoms with Crippen LogP contribution in [0.4, 0.5) is 0 Å². The Balaban J connectivity index is 0.00000161. The van der Waals surface area contributed by atoms with Gasteiger partial charge in [-0.1, -0.05) is 6.07 Å². The lowest BCUT2D eigenvalue weighted by Gasteiger charge is -2.38. The predicted octanol–water partition coefficient (Wildman–Crippen LogP) is 1.70. The topological polar surface area (TPSA) is 50.8 Å². The Kier molecular flexibility index (Phi) is 4.96. The lowest BCUT2D eigenvalue weighted by molar-refractivity contribution is 0.0607. The Bertz CT molecular complexity index is 524. The highest BCUT2D eigenvalue weighted by Crippen LogP contribution is 2.34. The van der Waals surface area contributed by atoms with Gasteiger partial charge in [0, 0.05) is 25.2 Å². The quantitative estimate of drug-likeness (QED) is 0.857. The van der Waals surface area contributed by atoms with Gasteiger partial charge in [0.25, 0.3) is 5.91 Å². The Morgan fingerprint density at radius 1 is 1.29 bits per heavy atom. The van der Waals surface area contributed by atoms with Crippen LogP contribution in [0.3, 0.4) is 0 Å². The number of para-hydroxylation sites is 1. The smallest absolute Gasteiger partial charge is 0.258 e. The molecule has 2 aliphatic rings. The molecule has 116 valence electrons. The second-order valence-corrected chi connectivity index (χ2v) is 5.45. The van der Waals surface area contributed by atoms with E-state index in [4.69, 9.17) is 9.47 Å². The Hall–Kier alpha value is -1.46. The summed E-state index contributed by atoms with van der Waals surface area (Å²) < 4.78 is 11.2. The monoisotopic (exact) mass is 312 g/mol. The summed E-state index contributed by atoms with van der Waals surface area (Å²) in [5, 5.41) is 3.38. The first kappa shape index (κ1) is 15.9. The zero-order valence-corrected chi connectivity index (χ0v) is 13.1. The normalized spacial score (nSPS) is 24.2. The van der Waals surface area contributed by atoms with Gasteiger partial charge in [-0.15, -0.1) is 12.4 Å². The molecular weight excluding hydrogens is 292 g/mol. The summed E-state index contributed by atoms with van der Waals surface area (Å²) in [6.45, 7) is 6.70. The number of halogens is 1. The molecule has 2 aliphatic heterocycles. The van der Waals surface area contributed by atoms with Gasteiger partial charge in [-0.25, -0.2) is 0 Å². The van der Waals surface area contributed by atoms with E-state index in [1.54, 1.807) is 0 Å². The van der Waals surface area contributed by atoms with E-state index >= 15 is 0 Å². The maximum absolute atomic E-state index is 12.8. The molecule has 0 saturated carbocycles. The van der Waals surface area contributed by atoms with Crippen molar-refractivity contribution in [3.05, 3.63) is 23.8 Å². The number of rotatable bonds is 1. The SMILES string of the molecule is CC1CN(C(=O)c2cccc3c2OCCO3)C(C)CN1.Cl. The third kappa shape index (κ3) is 3.09. The minimum atomic E-state index is 0. The number of fused-ring (bicyclic) bond motifs is 1. The van der Waals surface area contributed by atoms with Crippen LogP contribution in [0.2, 0.25) is 0 Å². The Morgan fingerprint density at radius 3 is 2.86 bits per heavy atom. The largest absolute Gasteiger partial charge is 0.486 e. The molecule has 1 amide bonds. The summed E-state index contributed by atoms with van der Waals surface area (Å²) >= 11 is 0. The van der Waals surface area contributed by atoms with E-state index in [0.29, 0.717) is 42.9 Å². The van der Waals surface area contributed by atoms with E-state index in [1.807, 2.05) is 23.1 Å². The first-order valence-electron chi connectivity index (χ1n) is 7.10. The molecule has 2 unspecified atom stereocenters. The van der Waals surface area contributed by atoms with E-state index < -0.39 is 0 Å². The molecule has 0 aliphatic carbocycles. The van der Waals surface area contributed by atoms with Crippen LogP contribution in [-0.4, -0.2) is 49.2 Å². The number of amides is 1. The van der Waals surface area contributed by atoms with Gasteiger partial charge in [0.05, 0.1) is 5.56 Å². The lowest BCUT2D eigenvalue weighted by Crippen LogP contribution is -2.56. The lowest BCUT2D eigenvalue weighted by atomic mass is 10.1.